The number of alkyl halides is 1. The Balaban J connectivity index is 2.86. The molecule has 0 aliphatic heterocycles. The molecule has 0 aliphatic rings. The SMILES string of the molecule is C=C(F)C[C@H](NS(=O)(=O)c1ccc(OCCF)cc1)C(=O)OCCCC. The first-order valence-electron chi connectivity index (χ1n) is 8.11. The summed E-state index contributed by atoms with van der Waals surface area (Å²) >= 11 is 0. The van der Waals surface area contributed by atoms with Crippen LogP contribution in [0.3, 0.4) is 0 Å². The van der Waals surface area contributed by atoms with E-state index in [9.17, 15) is 22.0 Å². The second-order valence-electron chi connectivity index (χ2n) is 5.43. The molecule has 0 amide bonds. The molecular formula is C17H23F2NO5S. The number of benzene rings is 1. The molecule has 0 aromatic heterocycles. The van der Waals surface area contributed by atoms with Gasteiger partial charge in [0.2, 0.25) is 10.0 Å². The summed E-state index contributed by atoms with van der Waals surface area (Å²) in [5.74, 6) is -1.42. The minimum atomic E-state index is -4.11. The topological polar surface area (TPSA) is 81.7 Å². The third-order valence-electron chi connectivity index (χ3n) is 3.23. The summed E-state index contributed by atoms with van der Waals surface area (Å²) in [4.78, 5) is 11.9. The molecule has 0 fully saturated rings. The van der Waals surface area contributed by atoms with Crippen LogP contribution in [0.25, 0.3) is 0 Å². The van der Waals surface area contributed by atoms with E-state index in [2.05, 4.69) is 11.3 Å². The number of carbonyl (C=O) groups excluding carboxylic acids is 1. The highest BCUT2D eigenvalue weighted by Gasteiger charge is 2.27. The van der Waals surface area contributed by atoms with Gasteiger partial charge in [-0.15, -0.1) is 0 Å². The number of unbranched alkanes of at least 4 members (excludes halogenated alkanes) is 1. The molecule has 1 atom stereocenters. The summed E-state index contributed by atoms with van der Waals surface area (Å²) < 4.78 is 62.2. The quantitative estimate of drug-likeness (QED) is 0.438. The first-order valence-corrected chi connectivity index (χ1v) is 9.59. The van der Waals surface area contributed by atoms with Gasteiger partial charge in [-0.2, -0.15) is 4.72 Å². The molecule has 0 unspecified atom stereocenters. The lowest BCUT2D eigenvalue weighted by molar-refractivity contribution is -0.145. The largest absolute Gasteiger partial charge is 0.491 e. The van der Waals surface area contributed by atoms with Crippen LogP contribution < -0.4 is 9.46 Å². The number of nitrogens with one attached hydrogen (secondary N) is 1. The molecule has 0 heterocycles. The van der Waals surface area contributed by atoms with Gasteiger partial charge in [-0.1, -0.05) is 19.9 Å². The number of hydrogen-bond donors (Lipinski definition) is 1. The van der Waals surface area contributed by atoms with E-state index in [4.69, 9.17) is 9.47 Å². The number of halogens is 2. The Morgan fingerprint density at radius 2 is 1.92 bits per heavy atom. The number of hydrogen-bond acceptors (Lipinski definition) is 5. The van der Waals surface area contributed by atoms with E-state index in [1.54, 1.807) is 0 Å². The second-order valence-corrected chi connectivity index (χ2v) is 7.14. The monoisotopic (exact) mass is 391 g/mol. The Morgan fingerprint density at radius 3 is 2.46 bits per heavy atom. The number of sulfonamides is 1. The molecule has 1 aromatic rings. The van der Waals surface area contributed by atoms with Crippen LogP contribution >= 0.6 is 0 Å². The van der Waals surface area contributed by atoms with Crippen LogP contribution in [0.15, 0.2) is 41.6 Å². The third-order valence-corrected chi connectivity index (χ3v) is 4.72. The van der Waals surface area contributed by atoms with Crippen molar-refractivity contribution in [1.29, 1.82) is 0 Å². The number of esters is 1. The number of carbonyl (C=O) groups is 1. The van der Waals surface area contributed by atoms with E-state index in [-0.39, 0.29) is 18.1 Å². The Kier molecular flexibility index (Phi) is 9.22. The Hall–Kier alpha value is -2.00. The van der Waals surface area contributed by atoms with Crippen molar-refractivity contribution in [2.24, 2.45) is 0 Å². The summed E-state index contributed by atoms with van der Waals surface area (Å²) in [5, 5.41) is 0. The van der Waals surface area contributed by atoms with Crippen LogP contribution in [0.2, 0.25) is 0 Å². The number of ether oxygens (including phenoxy) is 2. The van der Waals surface area contributed by atoms with Gasteiger partial charge in [0.15, 0.2) is 0 Å². The average molecular weight is 391 g/mol. The van der Waals surface area contributed by atoms with Crippen LogP contribution in [-0.2, 0) is 19.6 Å². The highest BCUT2D eigenvalue weighted by Crippen LogP contribution is 2.17. The first-order chi connectivity index (χ1) is 12.3. The molecule has 0 bridgehead atoms. The molecule has 1 aromatic carbocycles. The van der Waals surface area contributed by atoms with Gasteiger partial charge < -0.3 is 9.47 Å². The van der Waals surface area contributed by atoms with E-state index >= 15 is 0 Å². The zero-order valence-corrected chi connectivity index (χ0v) is 15.4. The molecule has 0 aliphatic carbocycles. The van der Waals surface area contributed by atoms with Crippen molar-refractivity contribution < 1.29 is 31.5 Å². The van der Waals surface area contributed by atoms with Crippen molar-refractivity contribution in [2.45, 2.75) is 37.1 Å². The highest BCUT2D eigenvalue weighted by atomic mass is 32.2. The predicted molar refractivity (Wildman–Crippen MR) is 92.8 cm³/mol. The average Bonchev–Trinajstić information content (AvgIpc) is 2.59. The fourth-order valence-electron chi connectivity index (χ4n) is 1.94. The molecule has 0 spiro atoms. The van der Waals surface area contributed by atoms with E-state index in [0.717, 1.165) is 6.42 Å². The molecule has 9 heteroatoms. The van der Waals surface area contributed by atoms with Crippen molar-refractivity contribution in [3.63, 3.8) is 0 Å². The Labute approximate surface area is 152 Å². The van der Waals surface area contributed by atoms with Gasteiger partial charge in [-0.05, 0) is 30.7 Å². The Morgan fingerprint density at radius 1 is 1.27 bits per heavy atom. The lowest BCUT2D eigenvalue weighted by atomic mass is 10.2. The van der Waals surface area contributed by atoms with Crippen molar-refractivity contribution in [3.05, 3.63) is 36.7 Å². The van der Waals surface area contributed by atoms with Crippen molar-refractivity contribution in [3.8, 4) is 5.75 Å². The Bertz CT molecular complexity index is 692. The summed E-state index contributed by atoms with van der Waals surface area (Å²) in [5.41, 5.74) is 0. The molecule has 0 saturated heterocycles. The molecule has 1 N–H and O–H groups in total. The maximum Gasteiger partial charge on any atom is 0.324 e. The van der Waals surface area contributed by atoms with E-state index in [0.29, 0.717) is 12.2 Å². The van der Waals surface area contributed by atoms with Crippen LogP contribution in [0.5, 0.6) is 5.75 Å². The van der Waals surface area contributed by atoms with Crippen molar-refractivity contribution >= 4 is 16.0 Å². The minimum Gasteiger partial charge on any atom is -0.491 e. The molecule has 0 saturated carbocycles. The van der Waals surface area contributed by atoms with Gasteiger partial charge in [-0.25, -0.2) is 17.2 Å². The van der Waals surface area contributed by atoms with Crippen molar-refractivity contribution in [1.82, 2.24) is 4.72 Å². The fraction of sp³-hybridized carbons (Fsp3) is 0.471. The summed E-state index contributed by atoms with van der Waals surface area (Å²) in [7, 11) is -4.11. The molecule has 146 valence electrons. The van der Waals surface area contributed by atoms with Crippen LogP contribution in [0.4, 0.5) is 8.78 Å². The maximum atomic E-state index is 13.2. The summed E-state index contributed by atoms with van der Waals surface area (Å²) in [6, 6.07) is 3.76. The van der Waals surface area contributed by atoms with Crippen molar-refractivity contribution in [2.75, 3.05) is 19.9 Å². The van der Waals surface area contributed by atoms with Gasteiger partial charge in [-0.3, -0.25) is 4.79 Å². The minimum absolute atomic E-state index is 0.118. The third kappa shape index (κ3) is 7.49. The lowest BCUT2D eigenvalue weighted by Crippen LogP contribution is -2.42. The number of rotatable bonds is 12. The normalized spacial score (nSPS) is 12.4. The molecule has 6 nitrogen and oxygen atoms in total. The standard InChI is InChI=1S/C17H23F2NO5S/c1-3-4-10-25-17(21)16(12-13(2)19)20-26(22,23)15-7-5-14(6-8-15)24-11-9-18/h5-8,16,20H,2-4,9-12H2,1H3/t16-/m0/s1. The maximum absolute atomic E-state index is 13.2. The smallest absolute Gasteiger partial charge is 0.324 e. The molecule has 0 radical (unpaired) electrons. The summed E-state index contributed by atoms with van der Waals surface area (Å²) in [6.07, 6.45) is 0.875. The van der Waals surface area contributed by atoms with Crippen LogP contribution in [0, 0.1) is 0 Å². The molecule has 26 heavy (non-hydrogen) atoms. The van der Waals surface area contributed by atoms with Gasteiger partial charge >= 0.3 is 5.97 Å². The van der Waals surface area contributed by atoms with E-state index in [1.165, 1.54) is 24.3 Å². The predicted octanol–water partition coefficient (Wildman–Crippen LogP) is 2.90. The van der Waals surface area contributed by atoms with Gasteiger partial charge in [0.1, 0.15) is 25.1 Å². The molecular weight excluding hydrogens is 368 g/mol. The highest BCUT2D eigenvalue weighted by molar-refractivity contribution is 7.89. The van der Waals surface area contributed by atoms with E-state index < -0.39 is 41.0 Å². The van der Waals surface area contributed by atoms with Gasteiger partial charge in [0.25, 0.3) is 0 Å². The summed E-state index contributed by atoms with van der Waals surface area (Å²) in [6.45, 7) is 4.27. The lowest BCUT2D eigenvalue weighted by Gasteiger charge is -2.17. The van der Waals surface area contributed by atoms with Crippen LogP contribution in [-0.4, -0.2) is 40.3 Å². The van der Waals surface area contributed by atoms with Crippen LogP contribution in [0.1, 0.15) is 26.2 Å². The fourth-order valence-corrected chi connectivity index (χ4v) is 3.12. The van der Waals surface area contributed by atoms with Gasteiger partial charge in [0, 0.05) is 6.42 Å². The zero-order chi connectivity index (χ0) is 19.6. The second kappa shape index (κ2) is 10.9. The van der Waals surface area contributed by atoms with Gasteiger partial charge in [0.05, 0.1) is 17.3 Å². The first kappa shape index (κ1) is 22.0. The molecule has 1 rings (SSSR count). The zero-order valence-electron chi connectivity index (χ0n) is 14.5. The van der Waals surface area contributed by atoms with E-state index in [1.807, 2.05) is 6.92 Å².